The molecule has 112 valence electrons. The first-order chi connectivity index (χ1) is 10.6. The highest BCUT2D eigenvalue weighted by atomic mass is 35.5. The molecule has 22 heavy (non-hydrogen) atoms. The molecule has 0 spiro atoms. The van der Waals surface area contributed by atoms with Gasteiger partial charge in [-0.2, -0.15) is 0 Å². The molecular formula is C19H17ClO2. The largest absolute Gasteiger partial charge is 0.392 e. The van der Waals surface area contributed by atoms with Crippen molar-refractivity contribution in [1.82, 2.24) is 0 Å². The van der Waals surface area contributed by atoms with Crippen LogP contribution in [0.15, 0.2) is 60.7 Å². The molecule has 1 aliphatic rings. The van der Waals surface area contributed by atoms with Gasteiger partial charge in [0.15, 0.2) is 0 Å². The average molecular weight is 313 g/mol. The van der Waals surface area contributed by atoms with E-state index in [1.54, 1.807) is 0 Å². The van der Waals surface area contributed by atoms with Crippen molar-refractivity contribution in [1.29, 1.82) is 0 Å². The van der Waals surface area contributed by atoms with Gasteiger partial charge in [-0.05, 0) is 23.3 Å². The van der Waals surface area contributed by atoms with Crippen LogP contribution in [-0.2, 0) is 4.79 Å². The Hall–Kier alpha value is -1.90. The van der Waals surface area contributed by atoms with Crippen LogP contribution in [0.1, 0.15) is 23.5 Å². The normalized spacial score (nSPS) is 25.0. The van der Waals surface area contributed by atoms with Crippen molar-refractivity contribution in [2.24, 2.45) is 5.92 Å². The number of halogens is 1. The Kier molecular flexibility index (Phi) is 4.41. The zero-order chi connectivity index (χ0) is 15.5. The molecule has 3 heteroatoms. The summed E-state index contributed by atoms with van der Waals surface area (Å²) in [6, 6.07) is 17.2. The molecule has 3 atom stereocenters. The van der Waals surface area contributed by atoms with Gasteiger partial charge in [-0.15, -0.1) is 0 Å². The van der Waals surface area contributed by atoms with Gasteiger partial charge in [0.25, 0.3) is 0 Å². The predicted octanol–water partition coefficient (Wildman–Crippen LogP) is 4.09. The van der Waals surface area contributed by atoms with Gasteiger partial charge in [0.1, 0.15) is 5.78 Å². The summed E-state index contributed by atoms with van der Waals surface area (Å²) in [6.45, 7) is 0. The number of hydrogen-bond acceptors (Lipinski definition) is 2. The summed E-state index contributed by atoms with van der Waals surface area (Å²) >= 11 is 5.88. The molecule has 1 fully saturated rings. The molecular weight excluding hydrogens is 296 g/mol. The van der Waals surface area contributed by atoms with Crippen LogP contribution in [0.4, 0.5) is 0 Å². The van der Waals surface area contributed by atoms with E-state index in [2.05, 4.69) is 0 Å². The number of aliphatic hydroxyl groups is 1. The van der Waals surface area contributed by atoms with Gasteiger partial charge < -0.3 is 5.11 Å². The summed E-state index contributed by atoms with van der Waals surface area (Å²) in [6.07, 6.45) is 3.48. The van der Waals surface area contributed by atoms with E-state index in [1.807, 2.05) is 66.7 Å². The lowest BCUT2D eigenvalue weighted by Gasteiger charge is -2.17. The number of Topliss-reactive ketones (excluding diaryl/α,β-unsaturated/α-hetero) is 1. The first-order valence-electron chi connectivity index (χ1n) is 7.34. The van der Waals surface area contributed by atoms with Crippen LogP contribution in [0.25, 0.3) is 6.08 Å². The van der Waals surface area contributed by atoms with Crippen LogP contribution in [0.5, 0.6) is 0 Å². The van der Waals surface area contributed by atoms with E-state index in [1.165, 1.54) is 0 Å². The first kappa shape index (κ1) is 15.0. The molecule has 1 aliphatic carbocycles. The lowest BCUT2D eigenvalue weighted by Crippen LogP contribution is -2.16. The van der Waals surface area contributed by atoms with E-state index >= 15 is 0 Å². The van der Waals surface area contributed by atoms with Crippen molar-refractivity contribution in [3.05, 3.63) is 76.8 Å². The second kappa shape index (κ2) is 6.47. The predicted molar refractivity (Wildman–Crippen MR) is 88.8 cm³/mol. The number of rotatable bonds is 3. The second-order valence-corrected chi connectivity index (χ2v) is 6.05. The number of carbonyl (C=O) groups excluding carboxylic acids is 1. The van der Waals surface area contributed by atoms with Crippen LogP contribution in [-0.4, -0.2) is 17.0 Å². The fourth-order valence-corrected chi connectivity index (χ4v) is 3.14. The SMILES string of the molecule is O=C1C[C@H](O)[C@H](/C=C/c2ccc(Cl)cc2)[C@H]1c1ccccc1. The molecule has 0 amide bonds. The molecule has 0 saturated heterocycles. The maximum Gasteiger partial charge on any atom is 0.143 e. The molecule has 1 N–H and O–H groups in total. The molecule has 0 heterocycles. The molecule has 0 unspecified atom stereocenters. The standard InChI is InChI=1S/C19H17ClO2/c20-15-9-6-13(7-10-15)8-11-16-17(21)12-18(22)19(16)14-4-2-1-3-5-14/h1-11,16-17,19,21H,12H2/b11-8+/t16-,17-,19+/m0/s1. The molecule has 2 nitrogen and oxygen atoms in total. The van der Waals surface area contributed by atoms with Crippen molar-refractivity contribution in [2.45, 2.75) is 18.4 Å². The Morgan fingerprint density at radius 2 is 1.73 bits per heavy atom. The van der Waals surface area contributed by atoms with E-state index in [0.717, 1.165) is 11.1 Å². The molecule has 3 rings (SSSR count). The smallest absolute Gasteiger partial charge is 0.143 e. The van der Waals surface area contributed by atoms with Gasteiger partial charge in [0.2, 0.25) is 0 Å². The van der Waals surface area contributed by atoms with Crippen molar-refractivity contribution in [3.8, 4) is 0 Å². The molecule has 1 saturated carbocycles. The number of benzene rings is 2. The highest BCUT2D eigenvalue weighted by molar-refractivity contribution is 6.30. The number of aliphatic hydroxyl groups excluding tert-OH is 1. The minimum atomic E-state index is -0.624. The zero-order valence-electron chi connectivity index (χ0n) is 12.0. The van der Waals surface area contributed by atoms with Crippen molar-refractivity contribution in [3.63, 3.8) is 0 Å². The van der Waals surface area contributed by atoms with Gasteiger partial charge >= 0.3 is 0 Å². The van der Waals surface area contributed by atoms with Crippen molar-refractivity contribution >= 4 is 23.5 Å². The maximum atomic E-state index is 12.2. The van der Waals surface area contributed by atoms with Gasteiger partial charge in [-0.3, -0.25) is 4.79 Å². The third-order valence-corrected chi connectivity index (χ3v) is 4.38. The van der Waals surface area contributed by atoms with Crippen LogP contribution < -0.4 is 0 Å². The third-order valence-electron chi connectivity index (χ3n) is 4.13. The summed E-state index contributed by atoms with van der Waals surface area (Å²) in [5, 5.41) is 10.9. The van der Waals surface area contributed by atoms with Gasteiger partial charge in [0.05, 0.1) is 12.0 Å². The van der Waals surface area contributed by atoms with Gasteiger partial charge in [-0.1, -0.05) is 66.2 Å². The minimum Gasteiger partial charge on any atom is -0.392 e. The topological polar surface area (TPSA) is 37.3 Å². The van der Waals surface area contributed by atoms with Gasteiger partial charge in [0, 0.05) is 17.4 Å². The Labute approximate surface area is 135 Å². The molecule has 0 aliphatic heterocycles. The number of hydrogen-bond donors (Lipinski definition) is 1. The minimum absolute atomic E-state index is 0.101. The fourth-order valence-electron chi connectivity index (χ4n) is 3.01. The molecule has 0 bridgehead atoms. The summed E-state index contributed by atoms with van der Waals surface area (Å²) in [7, 11) is 0. The summed E-state index contributed by atoms with van der Waals surface area (Å²) in [5.74, 6) is -0.352. The summed E-state index contributed by atoms with van der Waals surface area (Å²) in [4.78, 5) is 12.2. The maximum absolute atomic E-state index is 12.2. The lowest BCUT2D eigenvalue weighted by atomic mass is 9.87. The quantitative estimate of drug-likeness (QED) is 0.927. The Balaban J connectivity index is 1.86. The Morgan fingerprint density at radius 3 is 2.41 bits per heavy atom. The molecule has 2 aromatic rings. The Morgan fingerprint density at radius 1 is 1.05 bits per heavy atom. The van der Waals surface area contributed by atoms with Gasteiger partial charge in [-0.25, -0.2) is 0 Å². The number of carbonyl (C=O) groups is 1. The van der Waals surface area contributed by atoms with E-state index < -0.39 is 6.10 Å². The fraction of sp³-hybridized carbons (Fsp3) is 0.211. The van der Waals surface area contributed by atoms with Crippen LogP contribution in [0.3, 0.4) is 0 Å². The Bertz CT molecular complexity index is 676. The molecule has 0 radical (unpaired) electrons. The average Bonchev–Trinajstić information content (AvgIpc) is 2.81. The van der Waals surface area contributed by atoms with Crippen molar-refractivity contribution < 1.29 is 9.90 Å². The molecule has 0 aromatic heterocycles. The lowest BCUT2D eigenvalue weighted by molar-refractivity contribution is -0.119. The van der Waals surface area contributed by atoms with E-state index in [4.69, 9.17) is 11.6 Å². The third kappa shape index (κ3) is 3.13. The highest BCUT2D eigenvalue weighted by Gasteiger charge is 2.40. The van der Waals surface area contributed by atoms with Crippen LogP contribution in [0, 0.1) is 5.92 Å². The number of ketones is 1. The second-order valence-electron chi connectivity index (χ2n) is 5.61. The zero-order valence-corrected chi connectivity index (χ0v) is 12.8. The monoisotopic (exact) mass is 312 g/mol. The van der Waals surface area contributed by atoms with Crippen LogP contribution >= 0.6 is 11.6 Å². The van der Waals surface area contributed by atoms with Crippen molar-refractivity contribution in [2.75, 3.05) is 0 Å². The van der Waals surface area contributed by atoms with E-state index in [0.29, 0.717) is 5.02 Å². The van der Waals surface area contributed by atoms with E-state index in [9.17, 15) is 9.90 Å². The highest BCUT2D eigenvalue weighted by Crippen LogP contribution is 2.38. The first-order valence-corrected chi connectivity index (χ1v) is 7.72. The molecule has 2 aromatic carbocycles. The van der Waals surface area contributed by atoms with E-state index in [-0.39, 0.29) is 24.0 Å². The summed E-state index contributed by atoms with van der Waals surface area (Å²) in [5.41, 5.74) is 1.97. The van der Waals surface area contributed by atoms with Crippen LogP contribution in [0.2, 0.25) is 5.02 Å². The summed E-state index contributed by atoms with van der Waals surface area (Å²) < 4.78 is 0.